The predicted molar refractivity (Wildman–Crippen MR) is 62.5 cm³/mol. The lowest BCUT2D eigenvalue weighted by Gasteiger charge is -2.15. The van der Waals surface area contributed by atoms with E-state index in [2.05, 4.69) is 31.4 Å². The second kappa shape index (κ2) is 6.41. The summed E-state index contributed by atoms with van der Waals surface area (Å²) in [4.78, 5) is 0. The predicted octanol–water partition coefficient (Wildman–Crippen LogP) is 1.87. The van der Waals surface area contributed by atoms with Crippen molar-refractivity contribution in [3.63, 3.8) is 0 Å². The second-order valence-electron chi connectivity index (χ2n) is 4.89. The van der Waals surface area contributed by atoms with Gasteiger partial charge in [0.25, 0.3) is 0 Å². The van der Waals surface area contributed by atoms with Crippen LogP contribution in [0, 0.1) is 17.8 Å². The first kappa shape index (κ1) is 12.0. The molecule has 0 aromatic rings. The van der Waals surface area contributed by atoms with Gasteiger partial charge in [-0.3, -0.25) is 0 Å². The Morgan fingerprint density at radius 2 is 1.71 bits per heavy atom. The van der Waals surface area contributed by atoms with E-state index < -0.39 is 0 Å². The lowest BCUT2D eigenvalue weighted by Crippen LogP contribution is -2.32. The molecule has 0 bridgehead atoms. The van der Waals surface area contributed by atoms with Crippen LogP contribution in [-0.4, -0.2) is 26.2 Å². The Balaban J connectivity index is 1.91. The highest BCUT2D eigenvalue weighted by Crippen LogP contribution is 2.35. The van der Waals surface area contributed by atoms with E-state index in [1.165, 1.54) is 19.4 Å². The third-order valence-electron chi connectivity index (χ3n) is 3.13. The van der Waals surface area contributed by atoms with Crippen molar-refractivity contribution in [3.05, 3.63) is 0 Å². The van der Waals surface area contributed by atoms with Gasteiger partial charge in [-0.1, -0.05) is 20.8 Å². The fraction of sp³-hybridized carbons (Fsp3) is 1.00. The highest BCUT2D eigenvalue weighted by molar-refractivity contribution is 4.79. The van der Waals surface area contributed by atoms with Gasteiger partial charge in [0.15, 0.2) is 0 Å². The monoisotopic (exact) mass is 198 g/mol. The Hall–Kier alpha value is -0.0800. The van der Waals surface area contributed by atoms with Gasteiger partial charge in [0.2, 0.25) is 0 Å². The third-order valence-corrected chi connectivity index (χ3v) is 3.13. The molecule has 0 spiro atoms. The number of hydrogen-bond donors (Lipinski definition) is 2. The van der Waals surface area contributed by atoms with E-state index in [-0.39, 0.29) is 0 Å². The van der Waals surface area contributed by atoms with Crippen molar-refractivity contribution in [2.45, 2.75) is 33.6 Å². The largest absolute Gasteiger partial charge is 0.317 e. The summed E-state index contributed by atoms with van der Waals surface area (Å²) in [7, 11) is 0. The molecule has 0 radical (unpaired) electrons. The van der Waals surface area contributed by atoms with Crippen molar-refractivity contribution in [3.8, 4) is 0 Å². The summed E-state index contributed by atoms with van der Waals surface area (Å²) < 4.78 is 0. The lowest BCUT2D eigenvalue weighted by atomic mass is 10.1. The van der Waals surface area contributed by atoms with Gasteiger partial charge in [0.05, 0.1) is 0 Å². The zero-order valence-corrected chi connectivity index (χ0v) is 9.97. The summed E-state index contributed by atoms with van der Waals surface area (Å²) in [5, 5.41) is 6.96. The molecule has 14 heavy (non-hydrogen) atoms. The van der Waals surface area contributed by atoms with Crippen molar-refractivity contribution in [2.75, 3.05) is 26.2 Å². The van der Waals surface area contributed by atoms with Crippen molar-refractivity contribution < 1.29 is 0 Å². The quantitative estimate of drug-likeness (QED) is 0.622. The molecule has 0 heterocycles. The molecule has 0 saturated heterocycles. The average Bonchev–Trinajstić information content (AvgIpc) is 2.97. The smallest absolute Gasteiger partial charge is 0.00109 e. The first-order valence-electron chi connectivity index (χ1n) is 6.15. The maximum absolute atomic E-state index is 3.58. The van der Waals surface area contributed by atoms with Gasteiger partial charge in [-0.2, -0.15) is 0 Å². The first-order chi connectivity index (χ1) is 6.74. The van der Waals surface area contributed by atoms with Gasteiger partial charge in [0.1, 0.15) is 0 Å². The zero-order valence-electron chi connectivity index (χ0n) is 9.97. The summed E-state index contributed by atoms with van der Waals surface area (Å²) in [6.45, 7) is 11.4. The van der Waals surface area contributed by atoms with Gasteiger partial charge < -0.3 is 10.6 Å². The molecule has 1 aliphatic carbocycles. The van der Waals surface area contributed by atoms with E-state index >= 15 is 0 Å². The Kier molecular flexibility index (Phi) is 5.49. The summed E-state index contributed by atoms with van der Waals surface area (Å²) >= 11 is 0. The Morgan fingerprint density at radius 3 is 2.29 bits per heavy atom. The molecule has 0 aliphatic heterocycles. The molecule has 2 heteroatoms. The maximum Gasteiger partial charge on any atom is -0.00109 e. The molecule has 2 N–H and O–H groups in total. The minimum atomic E-state index is 0.751. The normalized spacial score (nSPS) is 20.8. The molecule has 0 aromatic heterocycles. The van der Waals surface area contributed by atoms with Crippen LogP contribution in [0.25, 0.3) is 0 Å². The van der Waals surface area contributed by atoms with Crippen LogP contribution in [0.15, 0.2) is 0 Å². The van der Waals surface area contributed by atoms with Crippen LogP contribution in [0.4, 0.5) is 0 Å². The molecule has 2 atom stereocenters. The van der Waals surface area contributed by atoms with E-state index in [4.69, 9.17) is 0 Å². The topological polar surface area (TPSA) is 24.1 Å². The average molecular weight is 198 g/mol. The SMILES string of the molecule is CCNCC(C)CNCC(C)C1CC1. The molecule has 1 aliphatic rings. The number of hydrogen-bond acceptors (Lipinski definition) is 2. The maximum atomic E-state index is 3.58. The van der Waals surface area contributed by atoms with Crippen LogP contribution in [0.3, 0.4) is 0 Å². The summed E-state index contributed by atoms with van der Waals surface area (Å²) in [5.74, 6) is 2.68. The van der Waals surface area contributed by atoms with E-state index in [0.29, 0.717) is 0 Å². The van der Waals surface area contributed by atoms with Crippen LogP contribution in [0.2, 0.25) is 0 Å². The van der Waals surface area contributed by atoms with Crippen molar-refractivity contribution in [1.82, 2.24) is 10.6 Å². The Labute approximate surface area is 88.8 Å². The summed E-state index contributed by atoms with van der Waals surface area (Å²) in [6.07, 6.45) is 2.94. The standard InChI is InChI=1S/C12H26N2/c1-4-13-7-10(2)8-14-9-11(3)12-5-6-12/h10-14H,4-9H2,1-3H3. The molecule has 2 nitrogen and oxygen atoms in total. The molecule has 1 rings (SSSR count). The lowest BCUT2D eigenvalue weighted by molar-refractivity contribution is 0.419. The van der Waals surface area contributed by atoms with Gasteiger partial charge >= 0.3 is 0 Å². The van der Waals surface area contributed by atoms with E-state index in [1.807, 2.05) is 0 Å². The van der Waals surface area contributed by atoms with Crippen LogP contribution < -0.4 is 10.6 Å². The number of nitrogens with one attached hydrogen (secondary N) is 2. The summed E-state index contributed by atoms with van der Waals surface area (Å²) in [5.41, 5.74) is 0. The van der Waals surface area contributed by atoms with E-state index in [0.717, 1.165) is 37.4 Å². The molecular weight excluding hydrogens is 172 g/mol. The minimum Gasteiger partial charge on any atom is -0.317 e. The fourth-order valence-corrected chi connectivity index (χ4v) is 1.85. The molecule has 1 fully saturated rings. The number of rotatable bonds is 8. The van der Waals surface area contributed by atoms with Crippen molar-refractivity contribution in [2.24, 2.45) is 17.8 Å². The summed E-state index contributed by atoms with van der Waals surface area (Å²) in [6, 6.07) is 0. The highest BCUT2D eigenvalue weighted by atomic mass is 14.9. The van der Waals surface area contributed by atoms with E-state index in [9.17, 15) is 0 Å². The minimum absolute atomic E-state index is 0.751. The Bertz CT molecular complexity index is 143. The van der Waals surface area contributed by atoms with Crippen LogP contribution >= 0.6 is 0 Å². The molecule has 1 saturated carbocycles. The van der Waals surface area contributed by atoms with Gasteiger partial charge in [-0.05, 0) is 56.8 Å². The molecular formula is C12H26N2. The first-order valence-corrected chi connectivity index (χ1v) is 6.15. The van der Waals surface area contributed by atoms with Gasteiger partial charge in [0, 0.05) is 0 Å². The molecule has 84 valence electrons. The van der Waals surface area contributed by atoms with Crippen molar-refractivity contribution in [1.29, 1.82) is 0 Å². The zero-order chi connectivity index (χ0) is 10.4. The fourth-order valence-electron chi connectivity index (χ4n) is 1.85. The molecule has 0 amide bonds. The van der Waals surface area contributed by atoms with Crippen LogP contribution in [0.5, 0.6) is 0 Å². The van der Waals surface area contributed by atoms with Gasteiger partial charge in [-0.25, -0.2) is 0 Å². The molecule has 0 aromatic carbocycles. The van der Waals surface area contributed by atoms with Crippen molar-refractivity contribution >= 4 is 0 Å². The molecule has 2 unspecified atom stereocenters. The van der Waals surface area contributed by atoms with Gasteiger partial charge in [-0.15, -0.1) is 0 Å². The van der Waals surface area contributed by atoms with E-state index in [1.54, 1.807) is 0 Å². The third kappa shape index (κ3) is 4.97. The Morgan fingerprint density at radius 1 is 1.07 bits per heavy atom. The second-order valence-corrected chi connectivity index (χ2v) is 4.89. The van der Waals surface area contributed by atoms with Crippen LogP contribution in [-0.2, 0) is 0 Å². The van der Waals surface area contributed by atoms with Crippen LogP contribution in [0.1, 0.15) is 33.6 Å². The highest BCUT2D eigenvalue weighted by Gasteiger charge is 2.27.